The van der Waals surface area contributed by atoms with Crippen molar-refractivity contribution in [2.24, 2.45) is 0 Å². The predicted molar refractivity (Wildman–Crippen MR) is 100 cm³/mol. The summed E-state index contributed by atoms with van der Waals surface area (Å²) in [5, 5.41) is 4.37. The van der Waals surface area contributed by atoms with Crippen molar-refractivity contribution < 1.29 is 22.0 Å². The molecule has 0 spiro atoms. The fourth-order valence-electron chi connectivity index (χ4n) is 2.32. The Hall–Kier alpha value is -2.65. The molecule has 27 heavy (non-hydrogen) atoms. The van der Waals surface area contributed by atoms with Gasteiger partial charge in [0.1, 0.15) is 22.4 Å². The summed E-state index contributed by atoms with van der Waals surface area (Å²) in [4.78, 5) is 16.1. The van der Waals surface area contributed by atoms with E-state index in [1.54, 1.807) is 17.5 Å². The highest BCUT2D eigenvalue weighted by Crippen LogP contribution is 2.24. The average Bonchev–Trinajstić information content (AvgIpc) is 3.04. The van der Waals surface area contributed by atoms with E-state index in [-0.39, 0.29) is 17.2 Å². The van der Waals surface area contributed by atoms with Gasteiger partial charge < -0.3 is 5.32 Å². The van der Waals surface area contributed by atoms with E-state index in [4.69, 9.17) is 0 Å². The number of benzene rings is 2. The highest BCUT2D eigenvalue weighted by molar-refractivity contribution is 7.91. The van der Waals surface area contributed by atoms with Crippen LogP contribution in [-0.4, -0.2) is 25.1 Å². The minimum absolute atomic E-state index is 0.0787. The Kier molecular flexibility index (Phi) is 5.62. The maximum absolute atomic E-state index is 13.5. The number of halogens is 2. The van der Waals surface area contributed by atoms with Gasteiger partial charge in [0.2, 0.25) is 5.91 Å². The molecule has 0 fully saturated rings. The third-order valence-corrected chi connectivity index (χ3v) is 5.89. The minimum Gasteiger partial charge on any atom is -0.323 e. The van der Waals surface area contributed by atoms with Crippen molar-refractivity contribution in [3.63, 3.8) is 0 Å². The van der Waals surface area contributed by atoms with Crippen molar-refractivity contribution >= 4 is 32.8 Å². The number of para-hydroxylation sites is 1. The van der Waals surface area contributed by atoms with E-state index in [0.717, 1.165) is 6.07 Å². The number of nitrogens with zero attached hydrogens (tertiary/aromatic N) is 1. The maximum Gasteiger partial charge on any atom is 0.239 e. The summed E-state index contributed by atoms with van der Waals surface area (Å²) in [6.45, 7) is 0. The average molecular weight is 408 g/mol. The number of carbonyl (C=O) groups excluding carboxylic acids is 1. The van der Waals surface area contributed by atoms with Crippen molar-refractivity contribution in [3.05, 3.63) is 71.2 Å². The van der Waals surface area contributed by atoms with Gasteiger partial charge >= 0.3 is 0 Å². The number of hydrogen-bond donors (Lipinski definition) is 1. The molecule has 1 amide bonds. The van der Waals surface area contributed by atoms with Crippen LogP contribution in [0.15, 0.2) is 53.9 Å². The predicted octanol–water partition coefficient (Wildman–Crippen LogP) is 3.64. The van der Waals surface area contributed by atoms with Crippen LogP contribution in [-0.2, 0) is 20.4 Å². The topological polar surface area (TPSA) is 76.1 Å². The van der Waals surface area contributed by atoms with Gasteiger partial charge in [-0.2, -0.15) is 0 Å². The van der Waals surface area contributed by atoms with Crippen LogP contribution in [0.1, 0.15) is 5.69 Å². The van der Waals surface area contributed by atoms with Gasteiger partial charge in [0.15, 0.2) is 9.84 Å². The number of sulfone groups is 1. The Morgan fingerprint density at radius 1 is 1.07 bits per heavy atom. The number of thiazole rings is 1. The molecule has 0 saturated carbocycles. The van der Waals surface area contributed by atoms with Gasteiger partial charge in [-0.1, -0.05) is 12.1 Å². The van der Waals surface area contributed by atoms with Crippen molar-refractivity contribution in [1.82, 2.24) is 4.98 Å². The molecule has 140 valence electrons. The first-order valence-electron chi connectivity index (χ1n) is 7.77. The number of carbonyl (C=O) groups is 1. The number of aromatic nitrogens is 1. The first-order chi connectivity index (χ1) is 12.8. The van der Waals surface area contributed by atoms with Gasteiger partial charge in [-0.15, -0.1) is 11.3 Å². The highest BCUT2D eigenvalue weighted by atomic mass is 32.2. The number of amides is 1. The molecule has 0 aliphatic heterocycles. The number of hydrogen-bond acceptors (Lipinski definition) is 5. The van der Waals surface area contributed by atoms with Gasteiger partial charge in [-0.25, -0.2) is 22.2 Å². The van der Waals surface area contributed by atoms with E-state index in [1.165, 1.54) is 41.7 Å². The van der Waals surface area contributed by atoms with E-state index in [1.807, 2.05) is 0 Å². The van der Waals surface area contributed by atoms with Gasteiger partial charge in [-0.3, -0.25) is 4.79 Å². The van der Waals surface area contributed by atoms with E-state index in [9.17, 15) is 22.0 Å². The summed E-state index contributed by atoms with van der Waals surface area (Å²) in [7, 11) is -3.79. The molecular formula is C18H14F2N2O3S2. The molecule has 0 unspecified atom stereocenters. The van der Waals surface area contributed by atoms with Crippen LogP contribution in [0.5, 0.6) is 0 Å². The second-order valence-electron chi connectivity index (χ2n) is 5.71. The lowest BCUT2D eigenvalue weighted by molar-refractivity contribution is -0.113. The third kappa shape index (κ3) is 5.18. The molecule has 0 radical (unpaired) electrons. The first-order valence-corrected chi connectivity index (χ1v) is 10.5. The van der Waals surface area contributed by atoms with Crippen molar-refractivity contribution in [2.75, 3.05) is 11.1 Å². The largest absolute Gasteiger partial charge is 0.323 e. The standard InChI is InChI=1S/C18H14F2N2O3S2/c19-13-7-5-12(6-8-13)18-21-14(9-26-18)10-27(24,25)11-17(23)22-16-4-2-1-3-15(16)20/h1-9H,10-11H2,(H,22,23). The Bertz CT molecular complexity index is 1060. The molecule has 0 atom stereocenters. The van der Waals surface area contributed by atoms with Gasteiger partial charge in [0.25, 0.3) is 0 Å². The zero-order chi connectivity index (χ0) is 19.4. The second-order valence-corrected chi connectivity index (χ2v) is 8.63. The lowest BCUT2D eigenvalue weighted by atomic mass is 10.2. The van der Waals surface area contributed by atoms with Gasteiger partial charge in [0.05, 0.1) is 17.1 Å². The van der Waals surface area contributed by atoms with E-state index < -0.39 is 33.1 Å². The monoisotopic (exact) mass is 408 g/mol. The molecule has 1 aromatic heterocycles. The van der Waals surface area contributed by atoms with Crippen molar-refractivity contribution in [3.8, 4) is 10.6 Å². The SMILES string of the molecule is O=C(CS(=O)(=O)Cc1csc(-c2ccc(F)cc2)n1)Nc1ccccc1F. The molecule has 3 rings (SSSR count). The zero-order valence-corrected chi connectivity index (χ0v) is 15.5. The van der Waals surface area contributed by atoms with Crippen molar-refractivity contribution in [1.29, 1.82) is 0 Å². The number of anilines is 1. The fourth-order valence-corrected chi connectivity index (χ4v) is 4.43. The Balaban J connectivity index is 1.65. The highest BCUT2D eigenvalue weighted by Gasteiger charge is 2.20. The first kappa shape index (κ1) is 19.1. The van der Waals surface area contributed by atoms with Crippen LogP contribution < -0.4 is 5.32 Å². The molecule has 0 bridgehead atoms. The quantitative estimate of drug-likeness (QED) is 0.676. The van der Waals surface area contributed by atoms with Crippen LogP contribution in [0, 0.1) is 11.6 Å². The second kappa shape index (κ2) is 7.93. The fraction of sp³-hybridized carbons (Fsp3) is 0.111. The van der Waals surface area contributed by atoms with Gasteiger partial charge in [0, 0.05) is 10.9 Å². The van der Waals surface area contributed by atoms with E-state index in [0.29, 0.717) is 10.6 Å². The summed E-state index contributed by atoms with van der Waals surface area (Å²) in [6, 6.07) is 11.2. The molecule has 3 aromatic rings. The van der Waals surface area contributed by atoms with Gasteiger partial charge in [-0.05, 0) is 36.4 Å². The van der Waals surface area contributed by atoms with Crippen molar-refractivity contribution in [2.45, 2.75) is 5.75 Å². The Morgan fingerprint density at radius 2 is 1.78 bits per heavy atom. The van der Waals surface area contributed by atoms with Crippen LogP contribution in [0.2, 0.25) is 0 Å². The lowest BCUT2D eigenvalue weighted by Crippen LogP contribution is -2.24. The van der Waals surface area contributed by atoms with Crippen LogP contribution in [0.4, 0.5) is 14.5 Å². The summed E-state index contributed by atoms with van der Waals surface area (Å²) >= 11 is 1.22. The summed E-state index contributed by atoms with van der Waals surface area (Å²) in [5.41, 5.74) is 0.880. The Labute approximate surface area is 158 Å². The minimum atomic E-state index is -3.79. The summed E-state index contributed by atoms with van der Waals surface area (Å²) in [6.07, 6.45) is 0. The van der Waals surface area contributed by atoms with E-state index >= 15 is 0 Å². The maximum atomic E-state index is 13.5. The van der Waals surface area contributed by atoms with E-state index in [2.05, 4.69) is 10.3 Å². The van der Waals surface area contributed by atoms with Crippen LogP contribution >= 0.6 is 11.3 Å². The molecule has 9 heteroatoms. The molecule has 0 aliphatic carbocycles. The number of rotatable bonds is 6. The molecular weight excluding hydrogens is 394 g/mol. The summed E-state index contributed by atoms with van der Waals surface area (Å²) in [5.74, 6) is -3.06. The molecule has 0 saturated heterocycles. The molecule has 5 nitrogen and oxygen atoms in total. The zero-order valence-electron chi connectivity index (χ0n) is 13.9. The molecule has 0 aliphatic rings. The van der Waals surface area contributed by atoms with Crippen LogP contribution in [0.3, 0.4) is 0 Å². The smallest absolute Gasteiger partial charge is 0.239 e. The number of nitrogens with one attached hydrogen (secondary N) is 1. The molecule has 1 N–H and O–H groups in total. The van der Waals surface area contributed by atoms with Crippen LogP contribution in [0.25, 0.3) is 10.6 Å². The normalized spacial score (nSPS) is 11.3. The molecule has 2 aromatic carbocycles. The lowest BCUT2D eigenvalue weighted by Gasteiger charge is -2.06. The summed E-state index contributed by atoms with van der Waals surface area (Å²) < 4.78 is 51.0. The molecule has 1 heterocycles. The third-order valence-electron chi connectivity index (χ3n) is 3.51. The Morgan fingerprint density at radius 3 is 2.48 bits per heavy atom.